The lowest BCUT2D eigenvalue weighted by Crippen LogP contribution is -2.47. The maximum atomic E-state index is 11.3. The van der Waals surface area contributed by atoms with Crippen molar-refractivity contribution < 1.29 is 14.6 Å². The number of benzene rings is 1. The highest BCUT2D eigenvalue weighted by Gasteiger charge is 2.26. The molecule has 1 aromatic carbocycles. The molecule has 0 radical (unpaired) electrons. The second-order valence-electron chi connectivity index (χ2n) is 3.98. The van der Waals surface area contributed by atoms with Gasteiger partial charge in [-0.3, -0.25) is 35.5 Å². The maximum absolute atomic E-state index is 11.3. The first-order valence-corrected chi connectivity index (χ1v) is 5.49. The summed E-state index contributed by atoms with van der Waals surface area (Å²) in [6, 6.07) is 3.32. The fourth-order valence-corrected chi connectivity index (χ4v) is 1.84. The molecule has 9 nitrogen and oxygen atoms in total. The first-order valence-electron chi connectivity index (χ1n) is 5.49. The van der Waals surface area contributed by atoms with Crippen molar-refractivity contribution in [2.45, 2.75) is 12.8 Å². The number of nitrogens with one attached hydrogen (secondary N) is 1. The summed E-state index contributed by atoms with van der Waals surface area (Å²) in [5.74, 6) is -0.237. The van der Waals surface area contributed by atoms with E-state index in [1.165, 1.54) is 17.1 Å². The molecule has 0 saturated carbocycles. The SMILES string of the molecule is O=C1CCCN(c2ccc([N+](=O)[O-])cc2[N+](=O)[O-])N1. The summed E-state index contributed by atoms with van der Waals surface area (Å²) in [6.07, 6.45) is 0.928. The van der Waals surface area contributed by atoms with Gasteiger partial charge in [0.05, 0.1) is 15.9 Å². The summed E-state index contributed by atoms with van der Waals surface area (Å²) in [5.41, 5.74) is 1.87. The lowest BCUT2D eigenvalue weighted by Gasteiger charge is -2.28. The molecule has 0 spiro atoms. The van der Waals surface area contributed by atoms with Crippen LogP contribution in [0.25, 0.3) is 0 Å². The van der Waals surface area contributed by atoms with Crippen LogP contribution in [0.4, 0.5) is 17.1 Å². The molecule has 0 unspecified atom stereocenters. The number of nitro groups is 2. The second-order valence-corrected chi connectivity index (χ2v) is 3.98. The van der Waals surface area contributed by atoms with Crippen molar-refractivity contribution in [2.24, 2.45) is 0 Å². The summed E-state index contributed by atoms with van der Waals surface area (Å²) in [6.45, 7) is 0.421. The molecule has 9 heteroatoms. The number of hydrazine groups is 1. The van der Waals surface area contributed by atoms with Gasteiger partial charge in [0.2, 0.25) is 5.91 Å². The smallest absolute Gasteiger partial charge is 0.279 e. The summed E-state index contributed by atoms with van der Waals surface area (Å²) < 4.78 is 0. The third-order valence-electron chi connectivity index (χ3n) is 2.70. The molecule has 1 saturated heterocycles. The van der Waals surface area contributed by atoms with Crippen LogP contribution in [0.5, 0.6) is 0 Å². The van der Waals surface area contributed by atoms with E-state index in [0.29, 0.717) is 19.4 Å². The Balaban J connectivity index is 2.41. The average molecular weight is 266 g/mol. The van der Waals surface area contributed by atoms with E-state index in [2.05, 4.69) is 5.43 Å². The highest BCUT2D eigenvalue weighted by molar-refractivity contribution is 5.80. The molecule has 1 amide bonds. The number of nitro benzene ring substituents is 2. The van der Waals surface area contributed by atoms with E-state index in [9.17, 15) is 25.0 Å². The van der Waals surface area contributed by atoms with Crippen LogP contribution in [0.15, 0.2) is 18.2 Å². The van der Waals surface area contributed by atoms with Crippen LogP contribution in [0.2, 0.25) is 0 Å². The molecule has 1 N–H and O–H groups in total. The Morgan fingerprint density at radius 1 is 1.21 bits per heavy atom. The minimum absolute atomic E-state index is 0.142. The van der Waals surface area contributed by atoms with Gasteiger partial charge in [-0.05, 0) is 12.5 Å². The Hall–Kier alpha value is -2.71. The number of nitrogens with zero attached hydrogens (tertiary/aromatic N) is 3. The van der Waals surface area contributed by atoms with Gasteiger partial charge in [0.15, 0.2) is 0 Å². The predicted octanol–water partition coefficient (Wildman–Crippen LogP) is 1.13. The van der Waals surface area contributed by atoms with E-state index >= 15 is 0 Å². The number of carbonyl (C=O) groups excluding carboxylic acids is 1. The van der Waals surface area contributed by atoms with E-state index in [-0.39, 0.29) is 17.3 Å². The van der Waals surface area contributed by atoms with E-state index in [1.54, 1.807) is 0 Å². The van der Waals surface area contributed by atoms with Gasteiger partial charge in [-0.25, -0.2) is 0 Å². The summed E-state index contributed by atoms with van der Waals surface area (Å²) in [5, 5.41) is 22.9. The van der Waals surface area contributed by atoms with Crippen molar-refractivity contribution in [1.29, 1.82) is 0 Å². The van der Waals surface area contributed by atoms with Crippen molar-refractivity contribution in [1.82, 2.24) is 5.43 Å². The van der Waals surface area contributed by atoms with E-state index in [0.717, 1.165) is 6.07 Å². The highest BCUT2D eigenvalue weighted by atomic mass is 16.6. The molecule has 1 heterocycles. The van der Waals surface area contributed by atoms with Gasteiger partial charge in [-0.15, -0.1) is 0 Å². The average Bonchev–Trinajstić information content (AvgIpc) is 2.37. The Morgan fingerprint density at radius 3 is 2.53 bits per heavy atom. The van der Waals surface area contributed by atoms with Gasteiger partial charge in [-0.1, -0.05) is 0 Å². The maximum Gasteiger partial charge on any atom is 0.301 e. The zero-order valence-electron chi connectivity index (χ0n) is 9.74. The Morgan fingerprint density at radius 2 is 1.95 bits per heavy atom. The molecule has 2 rings (SSSR count). The fraction of sp³-hybridized carbons (Fsp3) is 0.300. The van der Waals surface area contributed by atoms with Crippen molar-refractivity contribution in [3.05, 3.63) is 38.4 Å². The molecule has 1 aromatic rings. The number of hydrogen-bond donors (Lipinski definition) is 1. The Labute approximate surface area is 107 Å². The van der Waals surface area contributed by atoms with Crippen LogP contribution in [-0.2, 0) is 4.79 Å². The van der Waals surface area contributed by atoms with Crippen LogP contribution in [-0.4, -0.2) is 22.3 Å². The molecule has 0 bridgehead atoms. The van der Waals surface area contributed by atoms with Gasteiger partial charge < -0.3 is 0 Å². The zero-order valence-corrected chi connectivity index (χ0v) is 9.74. The van der Waals surface area contributed by atoms with Crippen molar-refractivity contribution in [2.75, 3.05) is 11.6 Å². The molecule has 100 valence electrons. The normalized spacial score (nSPS) is 14.9. The van der Waals surface area contributed by atoms with Crippen LogP contribution in [0.3, 0.4) is 0 Å². The molecule has 0 aliphatic carbocycles. The minimum Gasteiger partial charge on any atom is -0.279 e. The molecule has 0 atom stereocenters. The zero-order chi connectivity index (χ0) is 14.0. The lowest BCUT2D eigenvalue weighted by atomic mass is 10.2. The molecule has 19 heavy (non-hydrogen) atoms. The van der Waals surface area contributed by atoms with Gasteiger partial charge in [0, 0.05) is 19.0 Å². The van der Waals surface area contributed by atoms with Gasteiger partial charge in [0.25, 0.3) is 5.69 Å². The monoisotopic (exact) mass is 266 g/mol. The first-order chi connectivity index (χ1) is 8.99. The number of carbonyl (C=O) groups is 1. The molecule has 1 fully saturated rings. The van der Waals surface area contributed by atoms with E-state index in [1.807, 2.05) is 0 Å². The fourth-order valence-electron chi connectivity index (χ4n) is 1.84. The van der Waals surface area contributed by atoms with Gasteiger partial charge in [0.1, 0.15) is 5.69 Å². The molecular weight excluding hydrogens is 256 g/mol. The number of non-ortho nitro benzene ring substituents is 1. The summed E-state index contributed by atoms with van der Waals surface area (Å²) >= 11 is 0. The standard InChI is InChI=1S/C10H10N4O5/c15-10-2-1-5-12(11-10)8-4-3-7(13(16)17)6-9(8)14(18)19/h3-4,6H,1-2,5H2,(H,11,15). The lowest BCUT2D eigenvalue weighted by molar-refractivity contribution is -0.393. The third kappa shape index (κ3) is 2.59. The summed E-state index contributed by atoms with van der Waals surface area (Å²) in [7, 11) is 0. The van der Waals surface area contributed by atoms with Crippen molar-refractivity contribution in [3.8, 4) is 0 Å². The summed E-state index contributed by atoms with van der Waals surface area (Å²) in [4.78, 5) is 31.4. The van der Waals surface area contributed by atoms with E-state index < -0.39 is 15.5 Å². The van der Waals surface area contributed by atoms with Gasteiger partial charge >= 0.3 is 5.69 Å². The molecular formula is C10H10N4O5. The van der Waals surface area contributed by atoms with Crippen molar-refractivity contribution in [3.63, 3.8) is 0 Å². The van der Waals surface area contributed by atoms with Crippen LogP contribution in [0, 0.1) is 20.2 Å². The van der Waals surface area contributed by atoms with E-state index in [4.69, 9.17) is 0 Å². The van der Waals surface area contributed by atoms with Crippen LogP contribution < -0.4 is 10.4 Å². The van der Waals surface area contributed by atoms with Crippen molar-refractivity contribution >= 4 is 23.0 Å². The topological polar surface area (TPSA) is 119 Å². The molecule has 1 aliphatic rings. The molecule has 0 aromatic heterocycles. The number of anilines is 1. The number of hydrogen-bond acceptors (Lipinski definition) is 6. The van der Waals surface area contributed by atoms with Crippen LogP contribution >= 0.6 is 0 Å². The molecule has 1 aliphatic heterocycles. The highest BCUT2D eigenvalue weighted by Crippen LogP contribution is 2.32. The second kappa shape index (κ2) is 4.88. The predicted molar refractivity (Wildman–Crippen MR) is 64.5 cm³/mol. The van der Waals surface area contributed by atoms with Crippen LogP contribution in [0.1, 0.15) is 12.8 Å². The Bertz CT molecular complexity index is 559. The third-order valence-corrected chi connectivity index (χ3v) is 2.70. The number of amides is 1. The number of rotatable bonds is 3. The minimum atomic E-state index is -0.705. The largest absolute Gasteiger partial charge is 0.301 e. The quantitative estimate of drug-likeness (QED) is 0.647. The Kier molecular flexibility index (Phi) is 3.27. The first kappa shape index (κ1) is 12.7. The van der Waals surface area contributed by atoms with Gasteiger partial charge in [-0.2, -0.15) is 0 Å².